The van der Waals surface area contributed by atoms with E-state index in [2.05, 4.69) is 30.3 Å². The van der Waals surface area contributed by atoms with Crippen molar-refractivity contribution in [3.8, 4) is 5.75 Å². The minimum Gasteiger partial charge on any atom is -0.497 e. The molecule has 0 saturated heterocycles. The molecule has 1 aliphatic rings. The lowest BCUT2D eigenvalue weighted by molar-refractivity contribution is -0.138. The number of esters is 1. The number of fused-ring (bicyclic) bond motifs is 3. The molecule has 44 heavy (non-hydrogen) atoms. The number of benzene rings is 5. The number of hydrogen-bond acceptors (Lipinski definition) is 6. The third kappa shape index (κ3) is 4.71. The third-order valence-corrected chi connectivity index (χ3v) is 8.88. The fourth-order valence-electron chi connectivity index (χ4n) is 5.88. The summed E-state index contributed by atoms with van der Waals surface area (Å²) in [5, 5.41) is 4.30. The van der Waals surface area contributed by atoms with Crippen molar-refractivity contribution in [2.24, 2.45) is 4.99 Å². The number of ether oxygens (including phenoxy) is 2. The van der Waals surface area contributed by atoms with E-state index in [-0.39, 0.29) is 12.2 Å². The Labute approximate surface area is 257 Å². The van der Waals surface area contributed by atoms with Gasteiger partial charge in [0.2, 0.25) is 0 Å². The minimum absolute atomic E-state index is 0.193. The lowest BCUT2D eigenvalue weighted by Crippen LogP contribution is -2.40. The van der Waals surface area contributed by atoms with E-state index in [4.69, 9.17) is 14.5 Å². The van der Waals surface area contributed by atoms with Crippen LogP contribution in [-0.2, 0) is 9.53 Å². The second-order valence-electron chi connectivity index (χ2n) is 10.4. The van der Waals surface area contributed by atoms with Crippen molar-refractivity contribution in [3.05, 3.63) is 151 Å². The fraction of sp³-hybridized carbons (Fsp3) is 0.108. The second kappa shape index (κ2) is 11.4. The van der Waals surface area contributed by atoms with Gasteiger partial charge in [0.15, 0.2) is 4.80 Å². The molecule has 0 fully saturated rings. The Morgan fingerprint density at radius 1 is 0.886 bits per heavy atom. The second-order valence-corrected chi connectivity index (χ2v) is 11.4. The number of nitrogens with zero attached hydrogens (tertiary/aromatic N) is 2. The quantitative estimate of drug-likeness (QED) is 0.168. The number of methoxy groups -OCH3 is 1. The van der Waals surface area contributed by atoms with Crippen molar-refractivity contribution in [1.82, 2.24) is 4.57 Å². The molecule has 0 saturated carbocycles. The van der Waals surface area contributed by atoms with Gasteiger partial charge in [-0.1, -0.05) is 102 Å². The van der Waals surface area contributed by atoms with Gasteiger partial charge in [0, 0.05) is 5.56 Å². The first-order valence-electron chi connectivity index (χ1n) is 14.4. The van der Waals surface area contributed by atoms with Gasteiger partial charge in [-0.2, -0.15) is 0 Å². The van der Waals surface area contributed by atoms with E-state index in [9.17, 15) is 9.59 Å². The van der Waals surface area contributed by atoms with Crippen molar-refractivity contribution in [3.63, 3.8) is 0 Å². The van der Waals surface area contributed by atoms with Crippen molar-refractivity contribution in [2.45, 2.75) is 13.0 Å². The molecular formula is C37H28N2O4S. The number of hydrogen-bond donors (Lipinski definition) is 0. The summed E-state index contributed by atoms with van der Waals surface area (Å²) in [7, 11) is 1.60. The predicted octanol–water partition coefficient (Wildman–Crippen LogP) is 6.25. The highest BCUT2D eigenvalue weighted by Crippen LogP contribution is 2.36. The number of carbonyl (C=O) groups is 1. The molecule has 0 amide bonds. The maximum Gasteiger partial charge on any atom is 0.338 e. The minimum atomic E-state index is -0.752. The van der Waals surface area contributed by atoms with E-state index < -0.39 is 12.0 Å². The summed E-state index contributed by atoms with van der Waals surface area (Å²) in [6.07, 6.45) is 1.97. The summed E-state index contributed by atoms with van der Waals surface area (Å²) in [4.78, 5) is 33.7. The molecule has 0 spiro atoms. The Kier molecular flexibility index (Phi) is 7.16. The van der Waals surface area contributed by atoms with E-state index in [1.165, 1.54) is 11.3 Å². The van der Waals surface area contributed by atoms with Crippen LogP contribution in [0, 0.1) is 0 Å². The van der Waals surface area contributed by atoms with Crippen LogP contribution in [0.15, 0.2) is 125 Å². The standard InChI is InChI=1S/C37H28N2O4S/c1-3-43-36(41)32-33(23-11-5-4-6-12-23)38-37-39(34(32)24-17-19-27(42-2)20-18-24)35(40)31(44-37)22-30-28-15-9-7-13-25(28)21-26-14-8-10-16-29(26)30/h4-22,34H,3H2,1-2H3/b31-22-/t34-/m0/s1. The summed E-state index contributed by atoms with van der Waals surface area (Å²) in [5.74, 6) is 0.166. The number of thiazole rings is 1. The molecule has 2 heterocycles. The molecule has 6 nitrogen and oxygen atoms in total. The van der Waals surface area contributed by atoms with Crippen molar-refractivity contribution in [2.75, 3.05) is 13.7 Å². The smallest absolute Gasteiger partial charge is 0.338 e. The van der Waals surface area contributed by atoms with Crippen LogP contribution in [0.4, 0.5) is 0 Å². The molecule has 1 atom stereocenters. The summed E-state index contributed by atoms with van der Waals surface area (Å²) < 4.78 is 13.1. The maximum atomic E-state index is 14.4. The Bertz CT molecular complexity index is 2210. The molecule has 0 N–H and O–H groups in total. The Morgan fingerprint density at radius 2 is 1.52 bits per heavy atom. The van der Waals surface area contributed by atoms with Gasteiger partial charge < -0.3 is 9.47 Å². The normalized spacial score (nSPS) is 14.9. The summed E-state index contributed by atoms with van der Waals surface area (Å²) in [6, 6.07) is 34.8. The molecule has 7 heteroatoms. The van der Waals surface area contributed by atoms with Gasteiger partial charge in [0.25, 0.3) is 5.56 Å². The summed E-state index contributed by atoms with van der Waals surface area (Å²) in [6.45, 7) is 1.96. The Hall–Kier alpha value is -5.27. The van der Waals surface area contributed by atoms with Crippen LogP contribution < -0.4 is 19.6 Å². The van der Waals surface area contributed by atoms with Gasteiger partial charge >= 0.3 is 5.97 Å². The van der Waals surface area contributed by atoms with Gasteiger partial charge in [-0.3, -0.25) is 9.36 Å². The van der Waals surface area contributed by atoms with Crippen LogP contribution in [0.3, 0.4) is 0 Å². The van der Waals surface area contributed by atoms with Crippen LogP contribution in [0.5, 0.6) is 5.75 Å². The highest BCUT2D eigenvalue weighted by Gasteiger charge is 2.35. The lowest BCUT2D eigenvalue weighted by atomic mass is 9.93. The molecule has 0 unspecified atom stereocenters. The van der Waals surface area contributed by atoms with Crippen LogP contribution in [0.25, 0.3) is 33.3 Å². The van der Waals surface area contributed by atoms with Crippen molar-refractivity contribution in [1.29, 1.82) is 0 Å². The molecule has 5 aromatic carbocycles. The first-order chi connectivity index (χ1) is 21.6. The average Bonchev–Trinajstić information content (AvgIpc) is 3.38. The predicted molar refractivity (Wildman–Crippen MR) is 176 cm³/mol. The fourth-order valence-corrected chi connectivity index (χ4v) is 6.86. The lowest BCUT2D eigenvalue weighted by Gasteiger charge is -2.26. The molecule has 1 aliphatic heterocycles. The first-order valence-corrected chi connectivity index (χ1v) is 15.2. The molecule has 7 rings (SSSR count). The van der Waals surface area contributed by atoms with E-state index in [1.807, 2.05) is 84.9 Å². The molecule has 0 aliphatic carbocycles. The van der Waals surface area contributed by atoms with Crippen LogP contribution in [-0.4, -0.2) is 24.3 Å². The van der Waals surface area contributed by atoms with E-state index in [1.54, 1.807) is 18.6 Å². The van der Waals surface area contributed by atoms with Crippen molar-refractivity contribution >= 4 is 50.6 Å². The van der Waals surface area contributed by atoms with Crippen LogP contribution in [0.2, 0.25) is 0 Å². The molecular weight excluding hydrogens is 568 g/mol. The zero-order valence-corrected chi connectivity index (χ0v) is 25.0. The molecule has 0 bridgehead atoms. The monoisotopic (exact) mass is 596 g/mol. The average molecular weight is 597 g/mol. The van der Waals surface area contributed by atoms with Gasteiger partial charge in [0.05, 0.1) is 35.6 Å². The number of carbonyl (C=O) groups excluding carboxylic acids is 1. The van der Waals surface area contributed by atoms with Crippen LogP contribution >= 0.6 is 11.3 Å². The Morgan fingerprint density at radius 3 is 2.16 bits per heavy atom. The summed E-state index contributed by atoms with van der Waals surface area (Å²) in [5.41, 5.74) is 3.08. The van der Waals surface area contributed by atoms with Gasteiger partial charge in [0.1, 0.15) is 5.75 Å². The summed E-state index contributed by atoms with van der Waals surface area (Å²) >= 11 is 1.32. The molecule has 0 radical (unpaired) electrons. The van der Waals surface area contributed by atoms with Crippen LogP contribution in [0.1, 0.15) is 29.7 Å². The zero-order valence-electron chi connectivity index (χ0n) is 24.2. The first kappa shape index (κ1) is 27.6. The van der Waals surface area contributed by atoms with E-state index in [0.717, 1.165) is 38.2 Å². The van der Waals surface area contributed by atoms with Gasteiger partial charge in [-0.15, -0.1) is 0 Å². The largest absolute Gasteiger partial charge is 0.497 e. The molecule has 1 aromatic heterocycles. The highest BCUT2D eigenvalue weighted by atomic mass is 32.1. The third-order valence-electron chi connectivity index (χ3n) is 7.89. The SMILES string of the molecule is CCOC(=O)C1=C(c2ccccc2)N=c2s/c(=C\c3c4ccccc4cc4ccccc34)c(=O)n2[C@H]1c1ccc(OC)cc1. The topological polar surface area (TPSA) is 69.9 Å². The highest BCUT2D eigenvalue weighted by molar-refractivity contribution is 7.07. The number of rotatable bonds is 6. The van der Waals surface area contributed by atoms with Gasteiger partial charge in [-0.05, 0) is 63.9 Å². The van der Waals surface area contributed by atoms with E-state index in [0.29, 0.717) is 26.4 Å². The van der Waals surface area contributed by atoms with E-state index >= 15 is 0 Å². The number of aromatic nitrogens is 1. The van der Waals surface area contributed by atoms with Crippen molar-refractivity contribution < 1.29 is 14.3 Å². The zero-order chi connectivity index (χ0) is 30.2. The molecule has 216 valence electrons. The van der Waals surface area contributed by atoms with Gasteiger partial charge in [-0.25, -0.2) is 9.79 Å². The molecule has 6 aromatic rings. The maximum absolute atomic E-state index is 14.4. The Balaban J connectivity index is 1.55.